The number of rotatable bonds is 5. The van der Waals surface area contributed by atoms with Gasteiger partial charge in [0.25, 0.3) is 0 Å². The number of piperazine rings is 1. The number of amides is 1. The second kappa shape index (κ2) is 7.11. The average Bonchev–Trinajstić information content (AvgIpc) is 2.47. The van der Waals surface area contributed by atoms with Crippen LogP contribution in [0.3, 0.4) is 0 Å². The summed E-state index contributed by atoms with van der Waals surface area (Å²) in [5.41, 5.74) is 6.44. The summed E-state index contributed by atoms with van der Waals surface area (Å²) in [6.45, 7) is 6.13. The van der Waals surface area contributed by atoms with Crippen molar-refractivity contribution in [2.45, 2.75) is 19.5 Å². The molecule has 0 saturated carbocycles. The SMILES string of the molecule is COc1ccc(Cl)cc1CN1CCN([C@H](C)C(N)=O)CC1. The van der Waals surface area contributed by atoms with E-state index in [0.29, 0.717) is 5.02 Å². The minimum absolute atomic E-state index is 0.201. The zero-order valence-electron chi connectivity index (χ0n) is 12.5. The van der Waals surface area contributed by atoms with Crippen LogP contribution in [-0.4, -0.2) is 55.0 Å². The van der Waals surface area contributed by atoms with Crippen LogP contribution < -0.4 is 10.5 Å². The van der Waals surface area contributed by atoms with Gasteiger partial charge in [0.1, 0.15) is 5.75 Å². The standard InChI is InChI=1S/C15H22ClN3O2/c1-11(15(17)20)19-7-5-18(6-8-19)10-12-9-13(16)3-4-14(12)21-2/h3-4,9,11H,5-8,10H2,1-2H3,(H2,17,20)/t11-/m1/s1. The first kappa shape index (κ1) is 16.1. The van der Waals surface area contributed by atoms with Crippen molar-refractivity contribution in [1.82, 2.24) is 9.80 Å². The van der Waals surface area contributed by atoms with E-state index in [1.807, 2.05) is 25.1 Å². The van der Waals surface area contributed by atoms with Crippen molar-refractivity contribution in [2.75, 3.05) is 33.3 Å². The van der Waals surface area contributed by atoms with Gasteiger partial charge in [-0.05, 0) is 25.1 Å². The van der Waals surface area contributed by atoms with E-state index in [-0.39, 0.29) is 11.9 Å². The minimum atomic E-state index is -0.264. The topological polar surface area (TPSA) is 58.8 Å². The van der Waals surface area contributed by atoms with Crippen LogP contribution in [0.25, 0.3) is 0 Å². The lowest BCUT2D eigenvalue weighted by atomic mass is 10.1. The van der Waals surface area contributed by atoms with Gasteiger partial charge in [-0.15, -0.1) is 0 Å². The molecule has 0 spiro atoms. The molecule has 0 unspecified atom stereocenters. The number of methoxy groups -OCH3 is 1. The van der Waals surface area contributed by atoms with E-state index in [9.17, 15) is 4.79 Å². The molecule has 2 rings (SSSR count). The molecule has 1 aromatic carbocycles. The Balaban J connectivity index is 1.95. The Bertz CT molecular complexity index is 502. The second-order valence-electron chi connectivity index (χ2n) is 5.35. The van der Waals surface area contributed by atoms with E-state index in [2.05, 4.69) is 9.80 Å². The molecule has 1 atom stereocenters. The fourth-order valence-corrected chi connectivity index (χ4v) is 2.80. The number of hydrogen-bond acceptors (Lipinski definition) is 4. The third kappa shape index (κ3) is 4.09. The molecular weight excluding hydrogens is 290 g/mol. The van der Waals surface area contributed by atoms with Crippen molar-refractivity contribution in [3.05, 3.63) is 28.8 Å². The maximum atomic E-state index is 11.2. The molecule has 0 aliphatic carbocycles. The number of benzene rings is 1. The summed E-state index contributed by atoms with van der Waals surface area (Å²) in [7, 11) is 1.67. The summed E-state index contributed by atoms with van der Waals surface area (Å²) in [5.74, 6) is 0.590. The highest BCUT2D eigenvalue weighted by atomic mass is 35.5. The van der Waals surface area contributed by atoms with Gasteiger partial charge in [0.2, 0.25) is 5.91 Å². The zero-order valence-corrected chi connectivity index (χ0v) is 13.3. The summed E-state index contributed by atoms with van der Waals surface area (Å²) >= 11 is 6.06. The van der Waals surface area contributed by atoms with E-state index in [1.165, 1.54) is 0 Å². The van der Waals surface area contributed by atoms with E-state index in [0.717, 1.165) is 44.0 Å². The van der Waals surface area contributed by atoms with Crippen LogP contribution in [0.4, 0.5) is 0 Å². The molecule has 1 heterocycles. The molecule has 5 nitrogen and oxygen atoms in total. The van der Waals surface area contributed by atoms with Crippen LogP contribution in [0.5, 0.6) is 5.75 Å². The zero-order chi connectivity index (χ0) is 15.4. The maximum absolute atomic E-state index is 11.2. The van der Waals surface area contributed by atoms with Gasteiger partial charge in [0, 0.05) is 43.3 Å². The van der Waals surface area contributed by atoms with Gasteiger partial charge in [-0.3, -0.25) is 14.6 Å². The third-order valence-corrected chi connectivity index (χ3v) is 4.24. The second-order valence-corrected chi connectivity index (χ2v) is 5.78. The molecule has 0 aromatic heterocycles. The highest BCUT2D eigenvalue weighted by Crippen LogP contribution is 2.24. The van der Waals surface area contributed by atoms with Crippen molar-refractivity contribution in [2.24, 2.45) is 5.73 Å². The van der Waals surface area contributed by atoms with Gasteiger partial charge in [0.15, 0.2) is 0 Å². The number of nitrogens with two attached hydrogens (primary N) is 1. The maximum Gasteiger partial charge on any atom is 0.234 e. The lowest BCUT2D eigenvalue weighted by Gasteiger charge is -2.37. The van der Waals surface area contributed by atoms with Gasteiger partial charge < -0.3 is 10.5 Å². The minimum Gasteiger partial charge on any atom is -0.496 e. The Morgan fingerprint density at radius 2 is 2.05 bits per heavy atom. The lowest BCUT2D eigenvalue weighted by molar-refractivity contribution is -0.123. The van der Waals surface area contributed by atoms with Crippen LogP contribution in [0.1, 0.15) is 12.5 Å². The van der Waals surface area contributed by atoms with Crippen molar-refractivity contribution in [3.63, 3.8) is 0 Å². The molecule has 1 saturated heterocycles. The lowest BCUT2D eigenvalue weighted by Crippen LogP contribution is -2.52. The quantitative estimate of drug-likeness (QED) is 0.891. The van der Waals surface area contributed by atoms with Crippen molar-refractivity contribution >= 4 is 17.5 Å². The van der Waals surface area contributed by atoms with E-state index >= 15 is 0 Å². The van der Waals surface area contributed by atoms with Crippen LogP contribution in [-0.2, 0) is 11.3 Å². The van der Waals surface area contributed by atoms with Gasteiger partial charge in [0.05, 0.1) is 13.2 Å². The van der Waals surface area contributed by atoms with Crippen LogP contribution in [0, 0.1) is 0 Å². The summed E-state index contributed by atoms with van der Waals surface area (Å²) in [6.07, 6.45) is 0. The smallest absolute Gasteiger partial charge is 0.234 e. The number of nitrogens with zero attached hydrogens (tertiary/aromatic N) is 2. The van der Waals surface area contributed by atoms with Crippen molar-refractivity contribution < 1.29 is 9.53 Å². The first-order chi connectivity index (χ1) is 10.0. The van der Waals surface area contributed by atoms with Crippen molar-refractivity contribution in [1.29, 1.82) is 0 Å². The Kier molecular flexibility index (Phi) is 5.45. The monoisotopic (exact) mass is 311 g/mol. The number of ether oxygens (including phenoxy) is 1. The normalized spacial score (nSPS) is 18.4. The molecule has 6 heteroatoms. The Hall–Kier alpha value is -1.30. The summed E-state index contributed by atoms with van der Waals surface area (Å²) < 4.78 is 5.38. The Morgan fingerprint density at radius 3 is 2.62 bits per heavy atom. The Labute approximate surface area is 130 Å². The molecule has 1 aliphatic rings. The highest BCUT2D eigenvalue weighted by Gasteiger charge is 2.24. The van der Waals surface area contributed by atoms with Crippen molar-refractivity contribution in [3.8, 4) is 5.75 Å². The van der Waals surface area contributed by atoms with Crippen LogP contribution in [0.15, 0.2) is 18.2 Å². The van der Waals surface area contributed by atoms with E-state index in [4.69, 9.17) is 22.1 Å². The fraction of sp³-hybridized carbons (Fsp3) is 0.533. The first-order valence-electron chi connectivity index (χ1n) is 7.09. The molecule has 1 aromatic rings. The summed E-state index contributed by atoms with van der Waals surface area (Å²) in [4.78, 5) is 15.7. The first-order valence-corrected chi connectivity index (χ1v) is 7.47. The molecule has 21 heavy (non-hydrogen) atoms. The van der Waals surface area contributed by atoms with Gasteiger partial charge >= 0.3 is 0 Å². The molecular formula is C15H22ClN3O2. The highest BCUT2D eigenvalue weighted by molar-refractivity contribution is 6.30. The van der Waals surface area contributed by atoms with Crippen LogP contribution in [0.2, 0.25) is 5.02 Å². The number of carbonyl (C=O) groups excluding carboxylic acids is 1. The van der Waals surface area contributed by atoms with Crippen LogP contribution >= 0.6 is 11.6 Å². The molecule has 2 N–H and O–H groups in total. The third-order valence-electron chi connectivity index (χ3n) is 4.00. The fourth-order valence-electron chi connectivity index (χ4n) is 2.60. The Morgan fingerprint density at radius 1 is 1.38 bits per heavy atom. The van der Waals surface area contributed by atoms with Gasteiger partial charge in [-0.25, -0.2) is 0 Å². The predicted molar refractivity (Wildman–Crippen MR) is 83.5 cm³/mol. The molecule has 1 fully saturated rings. The molecule has 0 bridgehead atoms. The molecule has 0 radical (unpaired) electrons. The number of halogens is 1. The van der Waals surface area contributed by atoms with Gasteiger partial charge in [-0.2, -0.15) is 0 Å². The van der Waals surface area contributed by atoms with E-state index in [1.54, 1.807) is 7.11 Å². The number of primary amides is 1. The van der Waals surface area contributed by atoms with E-state index < -0.39 is 0 Å². The molecule has 116 valence electrons. The molecule has 1 amide bonds. The van der Waals surface area contributed by atoms with Gasteiger partial charge in [-0.1, -0.05) is 11.6 Å². The largest absolute Gasteiger partial charge is 0.496 e. The average molecular weight is 312 g/mol. The summed E-state index contributed by atoms with van der Waals surface area (Å²) in [5, 5.41) is 0.715. The predicted octanol–water partition coefficient (Wildman–Crippen LogP) is 1.34. The number of hydrogen-bond donors (Lipinski definition) is 1. The molecule has 1 aliphatic heterocycles. The summed E-state index contributed by atoms with van der Waals surface area (Å²) in [6, 6.07) is 5.46. The number of carbonyl (C=O) groups is 1.